The molecule has 2 nitrogen and oxygen atoms in total. The van der Waals surface area contributed by atoms with Gasteiger partial charge in [-0.2, -0.15) is 5.26 Å². The van der Waals surface area contributed by atoms with Crippen LogP contribution < -0.4 is 0 Å². The first-order valence-electron chi connectivity index (χ1n) is 2.77. The minimum Gasteiger partial charge on any atom is -0.239 e. The van der Waals surface area contributed by atoms with E-state index in [0.29, 0.717) is 5.69 Å². The standard InChI is InChI=1S/C7H5FN2/c1-5-2-3-6(8)7(4-9)10-5/h2-3H,1H3. The number of hydrogen-bond acceptors (Lipinski definition) is 2. The minimum atomic E-state index is -0.562. The summed E-state index contributed by atoms with van der Waals surface area (Å²) in [5.74, 6) is -0.562. The van der Waals surface area contributed by atoms with Crippen molar-refractivity contribution in [3.63, 3.8) is 0 Å². The van der Waals surface area contributed by atoms with E-state index in [2.05, 4.69) is 4.98 Å². The number of nitrogens with zero attached hydrogens (tertiary/aromatic N) is 2. The Hall–Kier alpha value is -1.43. The third kappa shape index (κ3) is 1.11. The second kappa shape index (κ2) is 2.44. The number of halogens is 1. The van der Waals surface area contributed by atoms with Crippen LogP contribution in [0, 0.1) is 24.1 Å². The summed E-state index contributed by atoms with van der Waals surface area (Å²) in [6.07, 6.45) is 0. The summed E-state index contributed by atoms with van der Waals surface area (Å²) in [7, 11) is 0. The lowest BCUT2D eigenvalue weighted by Gasteiger charge is -1.92. The van der Waals surface area contributed by atoms with Gasteiger partial charge in [0.2, 0.25) is 0 Å². The van der Waals surface area contributed by atoms with Crippen LogP contribution >= 0.6 is 0 Å². The topological polar surface area (TPSA) is 36.7 Å². The molecule has 0 aromatic carbocycles. The zero-order valence-electron chi connectivity index (χ0n) is 5.43. The molecule has 0 aliphatic rings. The molecule has 0 radical (unpaired) electrons. The van der Waals surface area contributed by atoms with Gasteiger partial charge in [0.15, 0.2) is 11.5 Å². The molecule has 0 amide bonds. The molecule has 0 bridgehead atoms. The van der Waals surface area contributed by atoms with Crippen LogP contribution in [-0.4, -0.2) is 4.98 Å². The summed E-state index contributed by atoms with van der Waals surface area (Å²) in [5.41, 5.74) is 0.512. The SMILES string of the molecule is Cc1ccc(F)c(C#N)n1. The van der Waals surface area contributed by atoms with E-state index in [9.17, 15) is 4.39 Å². The molecule has 0 N–H and O–H groups in total. The zero-order valence-corrected chi connectivity index (χ0v) is 5.43. The molecular weight excluding hydrogens is 131 g/mol. The van der Waals surface area contributed by atoms with Gasteiger partial charge in [0.1, 0.15) is 6.07 Å². The highest BCUT2D eigenvalue weighted by Gasteiger charge is 2.00. The first-order valence-corrected chi connectivity index (χ1v) is 2.77. The summed E-state index contributed by atoms with van der Waals surface area (Å²) in [5, 5.41) is 8.29. The fourth-order valence-corrected chi connectivity index (χ4v) is 0.618. The van der Waals surface area contributed by atoms with Crippen molar-refractivity contribution in [1.29, 1.82) is 5.26 Å². The number of aromatic nitrogens is 1. The molecule has 0 saturated heterocycles. The quantitative estimate of drug-likeness (QED) is 0.540. The van der Waals surface area contributed by atoms with E-state index in [-0.39, 0.29) is 5.69 Å². The lowest BCUT2D eigenvalue weighted by molar-refractivity contribution is 0.615. The van der Waals surface area contributed by atoms with Gasteiger partial charge in [-0.1, -0.05) is 0 Å². The molecular formula is C7H5FN2. The highest BCUT2D eigenvalue weighted by molar-refractivity contribution is 5.23. The molecule has 0 aliphatic carbocycles. The molecule has 0 spiro atoms. The highest BCUT2D eigenvalue weighted by atomic mass is 19.1. The van der Waals surface area contributed by atoms with Crippen LogP contribution in [0.25, 0.3) is 0 Å². The third-order valence-corrected chi connectivity index (χ3v) is 1.09. The van der Waals surface area contributed by atoms with Crippen LogP contribution in [-0.2, 0) is 0 Å². The Balaban J connectivity index is 3.25. The first kappa shape index (κ1) is 6.69. The van der Waals surface area contributed by atoms with Crippen molar-refractivity contribution in [2.75, 3.05) is 0 Å². The smallest absolute Gasteiger partial charge is 0.176 e. The molecule has 3 heteroatoms. The third-order valence-electron chi connectivity index (χ3n) is 1.09. The van der Waals surface area contributed by atoms with Crippen molar-refractivity contribution in [1.82, 2.24) is 4.98 Å². The molecule has 0 saturated carbocycles. The molecule has 1 heterocycles. The second-order valence-corrected chi connectivity index (χ2v) is 1.89. The largest absolute Gasteiger partial charge is 0.239 e. The van der Waals surface area contributed by atoms with E-state index in [1.54, 1.807) is 13.0 Å². The predicted octanol–water partition coefficient (Wildman–Crippen LogP) is 1.40. The van der Waals surface area contributed by atoms with Crippen molar-refractivity contribution >= 4 is 0 Å². The van der Waals surface area contributed by atoms with Crippen molar-refractivity contribution in [2.24, 2.45) is 0 Å². The van der Waals surface area contributed by atoms with Crippen LogP contribution in [0.5, 0.6) is 0 Å². The Morgan fingerprint density at radius 3 is 2.80 bits per heavy atom. The van der Waals surface area contributed by atoms with E-state index >= 15 is 0 Å². The number of pyridine rings is 1. The van der Waals surface area contributed by atoms with Crippen LogP contribution in [0.4, 0.5) is 4.39 Å². The first-order chi connectivity index (χ1) is 4.74. The van der Waals surface area contributed by atoms with Gasteiger partial charge < -0.3 is 0 Å². The average molecular weight is 136 g/mol. The highest BCUT2D eigenvalue weighted by Crippen LogP contribution is 2.02. The van der Waals surface area contributed by atoms with Gasteiger partial charge in [-0.25, -0.2) is 9.37 Å². The van der Waals surface area contributed by atoms with Crippen molar-refractivity contribution in [2.45, 2.75) is 6.92 Å². The van der Waals surface area contributed by atoms with E-state index in [1.807, 2.05) is 0 Å². The zero-order chi connectivity index (χ0) is 7.56. The maximum atomic E-state index is 12.5. The number of hydrogen-bond donors (Lipinski definition) is 0. The molecule has 0 fully saturated rings. The Labute approximate surface area is 57.9 Å². The summed E-state index contributed by atoms with van der Waals surface area (Å²) < 4.78 is 12.5. The van der Waals surface area contributed by atoms with Gasteiger partial charge in [-0.05, 0) is 19.1 Å². The molecule has 10 heavy (non-hydrogen) atoms. The monoisotopic (exact) mass is 136 g/mol. The van der Waals surface area contributed by atoms with Crippen LogP contribution in [0.1, 0.15) is 11.4 Å². The van der Waals surface area contributed by atoms with Crippen LogP contribution in [0.2, 0.25) is 0 Å². The molecule has 1 rings (SSSR count). The summed E-state index contributed by atoms with van der Waals surface area (Å²) >= 11 is 0. The molecule has 0 aliphatic heterocycles. The Morgan fingerprint density at radius 2 is 2.30 bits per heavy atom. The van der Waals surface area contributed by atoms with Gasteiger partial charge in [0, 0.05) is 5.69 Å². The van der Waals surface area contributed by atoms with Gasteiger partial charge in [-0.15, -0.1) is 0 Å². The maximum absolute atomic E-state index is 12.5. The van der Waals surface area contributed by atoms with Crippen molar-refractivity contribution in [3.05, 3.63) is 29.3 Å². The Kier molecular flexibility index (Phi) is 1.63. The van der Waals surface area contributed by atoms with Gasteiger partial charge in [0.25, 0.3) is 0 Å². The molecule has 1 aromatic rings. The Morgan fingerprint density at radius 1 is 1.60 bits per heavy atom. The van der Waals surface area contributed by atoms with Crippen LogP contribution in [0.15, 0.2) is 12.1 Å². The van der Waals surface area contributed by atoms with Crippen molar-refractivity contribution < 1.29 is 4.39 Å². The number of nitriles is 1. The normalized spacial score (nSPS) is 8.90. The predicted molar refractivity (Wildman–Crippen MR) is 33.6 cm³/mol. The van der Waals surface area contributed by atoms with E-state index in [4.69, 9.17) is 5.26 Å². The van der Waals surface area contributed by atoms with E-state index in [0.717, 1.165) is 0 Å². The summed E-state index contributed by atoms with van der Waals surface area (Å²) in [6.45, 7) is 1.71. The van der Waals surface area contributed by atoms with Crippen LogP contribution in [0.3, 0.4) is 0 Å². The van der Waals surface area contributed by atoms with Gasteiger partial charge in [0.05, 0.1) is 0 Å². The summed E-state index contributed by atoms with van der Waals surface area (Å²) in [6, 6.07) is 4.41. The average Bonchev–Trinajstić information content (AvgIpc) is 1.94. The minimum absolute atomic E-state index is 0.139. The lowest BCUT2D eigenvalue weighted by Crippen LogP contribution is -1.90. The maximum Gasteiger partial charge on any atom is 0.176 e. The molecule has 0 atom stereocenters. The number of aryl methyl sites for hydroxylation is 1. The van der Waals surface area contributed by atoms with Gasteiger partial charge in [-0.3, -0.25) is 0 Å². The van der Waals surface area contributed by atoms with E-state index in [1.165, 1.54) is 12.1 Å². The molecule has 50 valence electrons. The fourth-order valence-electron chi connectivity index (χ4n) is 0.618. The second-order valence-electron chi connectivity index (χ2n) is 1.89. The van der Waals surface area contributed by atoms with Gasteiger partial charge >= 0.3 is 0 Å². The summed E-state index contributed by atoms with van der Waals surface area (Å²) in [4.78, 5) is 3.66. The Bertz CT molecular complexity index is 288. The lowest BCUT2D eigenvalue weighted by atomic mass is 10.3. The fraction of sp³-hybridized carbons (Fsp3) is 0.143. The number of rotatable bonds is 0. The molecule has 1 aromatic heterocycles. The van der Waals surface area contributed by atoms with E-state index < -0.39 is 5.82 Å². The van der Waals surface area contributed by atoms with Crippen molar-refractivity contribution in [3.8, 4) is 6.07 Å². The molecule has 0 unspecified atom stereocenters.